The molecule has 3 heterocycles. The van der Waals surface area contributed by atoms with Crippen LogP contribution in [-0.2, 0) is 27.6 Å². The van der Waals surface area contributed by atoms with E-state index in [-0.39, 0.29) is 11.8 Å². The van der Waals surface area contributed by atoms with Gasteiger partial charge in [0.2, 0.25) is 10.0 Å². The lowest BCUT2D eigenvalue weighted by molar-refractivity contribution is 0.146. The van der Waals surface area contributed by atoms with Crippen LogP contribution in [0, 0.1) is 0 Å². The zero-order chi connectivity index (χ0) is 21.0. The first kappa shape index (κ1) is 22.0. The Labute approximate surface area is 181 Å². The zero-order valence-electron chi connectivity index (χ0n) is 18.2. The van der Waals surface area contributed by atoms with Crippen LogP contribution >= 0.6 is 0 Å². The summed E-state index contributed by atoms with van der Waals surface area (Å²) < 4.78 is 33.2. The van der Waals surface area contributed by atoms with Crippen molar-refractivity contribution in [2.45, 2.75) is 83.1 Å². The molecule has 1 N–H and O–H groups in total. The van der Waals surface area contributed by atoms with Crippen molar-refractivity contribution in [3.8, 4) is 0 Å². The van der Waals surface area contributed by atoms with Gasteiger partial charge in [-0.05, 0) is 32.1 Å². The number of unbranched alkanes of at least 4 members (excludes halogenated alkanes) is 1. The summed E-state index contributed by atoms with van der Waals surface area (Å²) >= 11 is 0. The molecule has 0 amide bonds. The summed E-state index contributed by atoms with van der Waals surface area (Å²) in [5, 5.41) is 0. The van der Waals surface area contributed by atoms with Gasteiger partial charge in [0.05, 0.1) is 24.7 Å². The number of hydrogen-bond donors (Lipinski definition) is 1. The van der Waals surface area contributed by atoms with Crippen LogP contribution in [0.5, 0.6) is 0 Å². The van der Waals surface area contributed by atoms with Crippen LogP contribution in [0.2, 0.25) is 0 Å². The van der Waals surface area contributed by atoms with Crippen LogP contribution < -0.4 is 9.62 Å². The Bertz CT molecular complexity index is 816. The summed E-state index contributed by atoms with van der Waals surface area (Å²) in [6, 6.07) is 0.0289. The molecule has 1 saturated heterocycles. The molecule has 1 aliphatic carbocycles. The topological polar surface area (TPSA) is 84.4 Å². The molecule has 2 fully saturated rings. The Kier molecular flexibility index (Phi) is 7.26. The van der Waals surface area contributed by atoms with Gasteiger partial charge in [-0.2, -0.15) is 0 Å². The van der Waals surface area contributed by atoms with E-state index < -0.39 is 10.0 Å². The van der Waals surface area contributed by atoms with Crippen molar-refractivity contribution in [3.63, 3.8) is 0 Å². The molecule has 0 spiro atoms. The van der Waals surface area contributed by atoms with E-state index in [2.05, 4.69) is 9.62 Å². The summed E-state index contributed by atoms with van der Waals surface area (Å²) in [4.78, 5) is 12.4. The maximum atomic E-state index is 12.3. The molecule has 8 heteroatoms. The third-order valence-electron chi connectivity index (χ3n) is 6.70. The second-order valence-corrected chi connectivity index (χ2v) is 10.8. The Morgan fingerprint density at radius 2 is 1.80 bits per heavy atom. The molecule has 168 valence electrons. The average molecular weight is 437 g/mol. The summed E-state index contributed by atoms with van der Waals surface area (Å²) in [7, 11) is -3.17. The van der Waals surface area contributed by atoms with Gasteiger partial charge in [-0.3, -0.25) is 0 Å². The van der Waals surface area contributed by atoms with Crippen molar-refractivity contribution in [1.29, 1.82) is 0 Å². The van der Waals surface area contributed by atoms with Gasteiger partial charge in [-0.15, -0.1) is 0 Å². The van der Waals surface area contributed by atoms with E-state index in [0.717, 1.165) is 70.0 Å². The van der Waals surface area contributed by atoms with Gasteiger partial charge in [0.15, 0.2) is 0 Å². The number of fused-ring (bicyclic) bond motifs is 1. The van der Waals surface area contributed by atoms with Gasteiger partial charge in [0.25, 0.3) is 0 Å². The summed E-state index contributed by atoms with van der Waals surface area (Å²) in [5.41, 5.74) is 2.41. The molecule has 30 heavy (non-hydrogen) atoms. The van der Waals surface area contributed by atoms with Gasteiger partial charge in [0.1, 0.15) is 11.6 Å². The second kappa shape index (κ2) is 9.92. The fourth-order valence-corrected chi connectivity index (χ4v) is 6.46. The highest BCUT2D eigenvalue weighted by atomic mass is 32.2. The van der Waals surface area contributed by atoms with Crippen molar-refractivity contribution in [2.24, 2.45) is 0 Å². The molecule has 1 saturated carbocycles. The number of nitrogens with one attached hydrogen (secondary N) is 1. The molecule has 1 aromatic heterocycles. The predicted molar refractivity (Wildman–Crippen MR) is 119 cm³/mol. The van der Waals surface area contributed by atoms with Gasteiger partial charge in [0, 0.05) is 43.5 Å². The minimum Gasteiger partial charge on any atom is -0.381 e. The van der Waals surface area contributed by atoms with Gasteiger partial charge in [-0.1, -0.05) is 26.2 Å². The number of piperidine rings is 1. The predicted octanol–water partition coefficient (Wildman–Crippen LogP) is 2.94. The molecular formula is C22H36N4O3S. The second-order valence-electron chi connectivity index (χ2n) is 8.98. The minimum atomic E-state index is -3.17. The summed E-state index contributed by atoms with van der Waals surface area (Å²) in [6.07, 6.45) is 9.89. The lowest BCUT2D eigenvalue weighted by Crippen LogP contribution is -2.45. The van der Waals surface area contributed by atoms with Crippen molar-refractivity contribution in [1.82, 2.24) is 14.7 Å². The Hall–Kier alpha value is -1.25. The van der Waals surface area contributed by atoms with Crippen molar-refractivity contribution < 1.29 is 13.2 Å². The lowest BCUT2D eigenvalue weighted by atomic mass is 10.0. The van der Waals surface area contributed by atoms with Crippen molar-refractivity contribution >= 4 is 15.8 Å². The molecule has 3 aliphatic rings. The van der Waals surface area contributed by atoms with Gasteiger partial charge < -0.3 is 9.64 Å². The molecule has 0 unspecified atom stereocenters. The van der Waals surface area contributed by atoms with Crippen LogP contribution in [0.25, 0.3) is 0 Å². The number of anilines is 1. The van der Waals surface area contributed by atoms with Crippen molar-refractivity contribution in [3.05, 3.63) is 17.1 Å². The Morgan fingerprint density at radius 1 is 1.07 bits per heavy atom. The summed E-state index contributed by atoms with van der Waals surface area (Å²) in [6.45, 7) is 5.13. The molecule has 1 aromatic rings. The fraction of sp³-hybridized carbons (Fsp3) is 0.818. The molecular weight excluding hydrogens is 400 g/mol. The van der Waals surface area contributed by atoms with E-state index in [1.54, 1.807) is 0 Å². The van der Waals surface area contributed by atoms with Crippen LogP contribution in [0.4, 0.5) is 5.82 Å². The largest absolute Gasteiger partial charge is 0.381 e. The van der Waals surface area contributed by atoms with E-state index in [9.17, 15) is 8.42 Å². The number of nitrogens with zero attached hydrogens (tertiary/aromatic N) is 3. The van der Waals surface area contributed by atoms with E-state index in [1.165, 1.54) is 36.9 Å². The number of hydrogen-bond acceptors (Lipinski definition) is 6. The smallest absolute Gasteiger partial charge is 0.211 e. The molecule has 7 nitrogen and oxygen atoms in total. The highest BCUT2D eigenvalue weighted by Gasteiger charge is 2.29. The molecule has 0 bridgehead atoms. The third-order valence-corrected chi connectivity index (χ3v) is 8.21. The standard InChI is InChI=1S/C22H36N4O3S/c1-2-3-16-30(27,28)25-18-8-12-26(13-9-18)22-19-10-14-29-15-11-20(19)23-21(24-22)17-6-4-5-7-17/h17-18,25H,2-16H2,1H3. The Morgan fingerprint density at radius 3 is 2.53 bits per heavy atom. The van der Waals surface area contributed by atoms with E-state index in [4.69, 9.17) is 14.7 Å². The zero-order valence-corrected chi connectivity index (χ0v) is 19.1. The molecule has 2 aliphatic heterocycles. The van der Waals surface area contributed by atoms with Gasteiger partial charge in [-0.25, -0.2) is 23.1 Å². The van der Waals surface area contributed by atoms with E-state index in [0.29, 0.717) is 12.3 Å². The summed E-state index contributed by atoms with van der Waals surface area (Å²) in [5.74, 6) is 2.82. The first-order chi connectivity index (χ1) is 14.6. The molecule has 0 radical (unpaired) electrons. The fourth-order valence-electron chi connectivity index (χ4n) is 4.93. The monoisotopic (exact) mass is 436 g/mol. The number of rotatable bonds is 7. The van der Waals surface area contributed by atoms with E-state index >= 15 is 0 Å². The van der Waals surface area contributed by atoms with Gasteiger partial charge >= 0.3 is 0 Å². The maximum absolute atomic E-state index is 12.3. The minimum absolute atomic E-state index is 0.0289. The first-order valence-corrected chi connectivity index (χ1v) is 13.4. The third kappa shape index (κ3) is 5.32. The molecule has 0 aromatic carbocycles. The van der Waals surface area contributed by atoms with E-state index in [1.807, 2.05) is 6.92 Å². The Balaban J connectivity index is 1.49. The molecule has 4 rings (SSSR count). The number of aromatic nitrogens is 2. The lowest BCUT2D eigenvalue weighted by Gasteiger charge is -2.34. The van der Waals surface area contributed by atoms with Crippen LogP contribution in [-0.4, -0.2) is 56.5 Å². The quantitative estimate of drug-likeness (QED) is 0.707. The average Bonchev–Trinajstić information content (AvgIpc) is 3.17. The van der Waals surface area contributed by atoms with Crippen LogP contribution in [0.1, 0.15) is 81.3 Å². The van der Waals surface area contributed by atoms with Crippen LogP contribution in [0.3, 0.4) is 0 Å². The normalized spacial score (nSPS) is 21.6. The maximum Gasteiger partial charge on any atom is 0.211 e. The number of sulfonamides is 1. The SMILES string of the molecule is CCCCS(=O)(=O)NC1CCN(c2nc(C3CCCC3)nc3c2CCOCC3)CC1. The molecule has 0 atom stereocenters. The highest BCUT2D eigenvalue weighted by molar-refractivity contribution is 7.89. The van der Waals surface area contributed by atoms with Crippen molar-refractivity contribution in [2.75, 3.05) is 37.0 Å². The number of ether oxygens (including phenoxy) is 1. The van der Waals surface area contributed by atoms with Crippen LogP contribution in [0.15, 0.2) is 0 Å². The highest BCUT2D eigenvalue weighted by Crippen LogP contribution is 2.35. The first-order valence-electron chi connectivity index (χ1n) is 11.8.